The van der Waals surface area contributed by atoms with Crippen LogP contribution in [0.2, 0.25) is 0 Å². The minimum Gasteiger partial charge on any atom is -0.339 e. The van der Waals surface area contributed by atoms with E-state index in [-0.39, 0.29) is 0 Å². The van der Waals surface area contributed by atoms with Crippen molar-refractivity contribution in [1.29, 1.82) is 0 Å². The lowest BCUT2D eigenvalue weighted by molar-refractivity contribution is 0.220. The summed E-state index contributed by atoms with van der Waals surface area (Å²) >= 11 is 1.59. The second-order valence-electron chi connectivity index (χ2n) is 4.80. The molecule has 1 fully saturated rings. The lowest BCUT2D eigenvalue weighted by Crippen LogP contribution is -2.30. The summed E-state index contributed by atoms with van der Waals surface area (Å²) in [7, 11) is 2.13. The first-order chi connectivity index (χ1) is 8.72. The van der Waals surface area contributed by atoms with E-state index in [2.05, 4.69) is 27.1 Å². The molecule has 6 heteroatoms. The molecule has 1 atom stereocenters. The third kappa shape index (κ3) is 2.30. The molecule has 0 N–H and O–H groups in total. The maximum absolute atomic E-state index is 5.41. The van der Waals surface area contributed by atoms with Gasteiger partial charge in [-0.25, -0.2) is 4.98 Å². The van der Waals surface area contributed by atoms with E-state index in [4.69, 9.17) is 4.52 Å². The zero-order valence-electron chi connectivity index (χ0n) is 10.6. The maximum Gasteiger partial charge on any atom is 0.231 e. The standard InChI is InChI=1S/C12H16N4OS/c1-8-13-6-10(18-8)11-14-12(17-15-11)9-4-3-5-16(2)7-9/h6,9H,3-5,7H2,1-2H3/t9-/m0/s1. The van der Waals surface area contributed by atoms with Gasteiger partial charge in [0.1, 0.15) is 0 Å². The van der Waals surface area contributed by atoms with E-state index in [1.807, 2.05) is 13.1 Å². The third-order valence-corrected chi connectivity index (χ3v) is 4.17. The molecule has 0 aliphatic carbocycles. The molecule has 1 saturated heterocycles. The summed E-state index contributed by atoms with van der Waals surface area (Å²) in [4.78, 5) is 12.0. The molecule has 1 aliphatic heterocycles. The van der Waals surface area contributed by atoms with Crippen LogP contribution in [0.15, 0.2) is 10.7 Å². The van der Waals surface area contributed by atoms with Crippen LogP contribution < -0.4 is 0 Å². The summed E-state index contributed by atoms with van der Waals surface area (Å²) in [5.74, 6) is 1.81. The molecule has 2 aromatic rings. The molecule has 0 amide bonds. The van der Waals surface area contributed by atoms with Gasteiger partial charge in [0.05, 0.1) is 15.8 Å². The molecule has 0 spiro atoms. The summed E-state index contributed by atoms with van der Waals surface area (Å²) in [5.41, 5.74) is 0. The van der Waals surface area contributed by atoms with Crippen LogP contribution in [0.5, 0.6) is 0 Å². The van der Waals surface area contributed by atoms with Crippen LogP contribution in [-0.2, 0) is 0 Å². The second kappa shape index (κ2) is 4.78. The number of nitrogens with zero attached hydrogens (tertiary/aromatic N) is 4. The van der Waals surface area contributed by atoms with Crippen LogP contribution in [0.4, 0.5) is 0 Å². The smallest absolute Gasteiger partial charge is 0.231 e. The first kappa shape index (κ1) is 11.8. The number of aromatic nitrogens is 3. The molecule has 0 saturated carbocycles. The van der Waals surface area contributed by atoms with Crippen molar-refractivity contribution in [3.63, 3.8) is 0 Å². The molecule has 2 aromatic heterocycles. The molecule has 18 heavy (non-hydrogen) atoms. The number of likely N-dealkylation sites (tertiary alicyclic amines) is 1. The van der Waals surface area contributed by atoms with Crippen molar-refractivity contribution in [3.05, 3.63) is 17.1 Å². The Hall–Kier alpha value is -1.27. The highest BCUT2D eigenvalue weighted by Crippen LogP contribution is 2.28. The molecule has 3 heterocycles. The van der Waals surface area contributed by atoms with Crippen molar-refractivity contribution >= 4 is 11.3 Å². The van der Waals surface area contributed by atoms with E-state index in [1.54, 1.807) is 11.3 Å². The van der Waals surface area contributed by atoms with Crippen molar-refractivity contribution in [1.82, 2.24) is 20.0 Å². The first-order valence-electron chi connectivity index (χ1n) is 6.17. The van der Waals surface area contributed by atoms with Crippen LogP contribution in [0.25, 0.3) is 10.7 Å². The molecule has 0 bridgehead atoms. The van der Waals surface area contributed by atoms with Gasteiger partial charge in [-0.05, 0) is 33.4 Å². The summed E-state index contributed by atoms with van der Waals surface area (Å²) in [6.45, 7) is 4.14. The van der Waals surface area contributed by atoms with Gasteiger partial charge in [-0.2, -0.15) is 4.98 Å². The van der Waals surface area contributed by atoms with Gasteiger partial charge in [0.15, 0.2) is 0 Å². The van der Waals surface area contributed by atoms with Crippen LogP contribution in [0, 0.1) is 6.92 Å². The largest absolute Gasteiger partial charge is 0.339 e. The van der Waals surface area contributed by atoms with Gasteiger partial charge < -0.3 is 9.42 Å². The van der Waals surface area contributed by atoms with E-state index in [0.717, 1.165) is 35.3 Å². The number of likely N-dealkylation sites (N-methyl/N-ethyl adjacent to an activating group) is 1. The Kier molecular flexibility index (Phi) is 3.13. The predicted octanol–water partition coefficient (Wildman–Crippen LogP) is 2.31. The Morgan fingerprint density at radius 1 is 1.50 bits per heavy atom. The molecular weight excluding hydrogens is 248 g/mol. The second-order valence-corrected chi connectivity index (χ2v) is 6.04. The molecule has 1 aliphatic rings. The third-order valence-electron chi connectivity index (χ3n) is 3.26. The van der Waals surface area contributed by atoms with Crippen molar-refractivity contribution in [2.24, 2.45) is 0 Å². The minimum absolute atomic E-state index is 0.374. The predicted molar refractivity (Wildman–Crippen MR) is 69.6 cm³/mol. The Morgan fingerprint density at radius 3 is 3.11 bits per heavy atom. The van der Waals surface area contributed by atoms with Gasteiger partial charge in [0.2, 0.25) is 11.7 Å². The lowest BCUT2D eigenvalue weighted by Gasteiger charge is -2.27. The Labute approximate surface area is 110 Å². The van der Waals surface area contributed by atoms with E-state index in [9.17, 15) is 0 Å². The van der Waals surface area contributed by atoms with Crippen molar-refractivity contribution in [3.8, 4) is 10.7 Å². The quantitative estimate of drug-likeness (QED) is 0.833. The molecule has 0 aromatic carbocycles. The Bertz CT molecular complexity index is 536. The van der Waals surface area contributed by atoms with Gasteiger partial charge in [-0.1, -0.05) is 5.16 Å². The highest BCUT2D eigenvalue weighted by molar-refractivity contribution is 7.14. The fourth-order valence-corrected chi connectivity index (χ4v) is 3.04. The highest BCUT2D eigenvalue weighted by atomic mass is 32.1. The molecule has 96 valence electrons. The van der Waals surface area contributed by atoms with Crippen LogP contribution in [0.3, 0.4) is 0 Å². The van der Waals surface area contributed by atoms with Crippen molar-refractivity contribution < 1.29 is 4.52 Å². The van der Waals surface area contributed by atoms with E-state index in [0.29, 0.717) is 11.7 Å². The average molecular weight is 264 g/mol. The van der Waals surface area contributed by atoms with Gasteiger partial charge in [0.25, 0.3) is 0 Å². The van der Waals surface area contributed by atoms with E-state index >= 15 is 0 Å². The molecule has 5 nitrogen and oxygen atoms in total. The molecule has 3 rings (SSSR count). The summed E-state index contributed by atoms with van der Waals surface area (Å²) in [5, 5.41) is 5.09. The van der Waals surface area contributed by atoms with Crippen molar-refractivity contribution in [2.45, 2.75) is 25.7 Å². The number of thiazole rings is 1. The summed E-state index contributed by atoms with van der Waals surface area (Å²) in [6.07, 6.45) is 4.13. The maximum atomic E-state index is 5.41. The van der Waals surface area contributed by atoms with Crippen molar-refractivity contribution in [2.75, 3.05) is 20.1 Å². The van der Waals surface area contributed by atoms with Crippen LogP contribution >= 0.6 is 11.3 Å². The number of rotatable bonds is 2. The van der Waals surface area contributed by atoms with Crippen LogP contribution in [-0.4, -0.2) is 40.2 Å². The lowest BCUT2D eigenvalue weighted by atomic mass is 9.98. The van der Waals surface area contributed by atoms with E-state index < -0.39 is 0 Å². The molecule has 0 unspecified atom stereocenters. The van der Waals surface area contributed by atoms with Gasteiger partial charge in [-0.3, -0.25) is 0 Å². The zero-order valence-corrected chi connectivity index (χ0v) is 11.4. The summed E-state index contributed by atoms with van der Waals surface area (Å²) in [6, 6.07) is 0. The van der Waals surface area contributed by atoms with Gasteiger partial charge in [-0.15, -0.1) is 11.3 Å². The Balaban J connectivity index is 1.80. The van der Waals surface area contributed by atoms with Gasteiger partial charge >= 0.3 is 0 Å². The highest BCUT2D eigenvalue weighted by Gasteiger charge is 2.24. The fourth-order valence-electron chi connectivity index (χ4n) is 2.33. The van der Waals surface area contributed by atoms with Gasteiger partial charge in [0, 0.05) is 12.7 Å². The zero-order chi connectivity index (χ0) is 12.5. The number of hydrogen-bond donors (Lipinski definition) is 0. The fraction of sp³-hybridized carbons (Fsp3) is 0.583. The number of aryl methyl sites for hydroxylation is 1. The number of piperidine rings is 1. The topological polar surface area (TPSA) is 55.1 Å². The first-order valence-corrected chi connectivity index (χ1v) is 6.99. The summed E-state index contributed by atoms with van der Waals surface area (Å²) < 4.78 is 5.41. The monoisotopic (exact) mass is 264 g/mol. The molecule has 0 radical (unpaired) electrons. The Morgan fingerprint density at radius 2 is 2.39 bits per heavy atom. The molecular formula is C12H16N4OS. The average Bonchev–Trinajstić information content (AvgIpc) is 2.97. The minimum atomic E-state index is 0.374. The normalized spacial score (nSPS) is 21.3. The number of hydrogen-bond acceptors (Lipinski definition) is 6. The van der Waals surface area contributed by atoms with E-state index in [1.165, 1.54) is 6.42 Å². The van der Waals surface area contributed by atoms with Crippen LogP contribution in [0.1, 0.15) is 29.7 Å². The SMILES string of the molecule is Cc1ncc(-c2noc([C@H]3CCCN(C)C3)n2)s1.